The SMILES string of the molecule is C=CCN(CCC)Cc1cc(CNCC)sc1C. The van der Waals surface area contributed by atoms with Crippen LogP contribution in [0.25, 0.3) is 0 Å². The Morgan fingerprint density at radius 1 is 1.44 bits per heavy atom. The maximum atomic E-state index is 3.84. The number of aryl methyl sites for hydroxylation is 1. The summed E-state index contributed by atoms with van der Waals surface area (Å²) in [7, 11) is 0. The summed E-state index contributed by atoms with van der Waals surface area (Å²) in [5.74, 6) is 0. The fourth-order valence-corrected chi connectivity index (χ4v) is 3.08. The van der Waals surface area contributed by atoms with Gasteiger partial charge in [0.25, 0.3) is 0 Å². The van der Waals surface area contributed by atoms with Gasteiger partial charge in [-0.15, -0.1) is 17.9 Å². The van der Waals surface area contributed by atoms with E-state index in [-0.39, 0.29) is 0 Å². The topological polar surface area (TPSA) is 15.3 Å². The van der Waals surface area contributed by atoms with Crippen LogP contribution in [-0.2, 0) is 13.1 Å². The molecule has 0 aliphatic carbocycles. The molecule has 1 aromatic rings. The average Bonchev–Trinajstić information content (AvgIpc) is 2.68. The van der Waals surface area contributed by atoms with Crippen molar-refractivity contribution in [2.75, 3.05) is 19.6 Å². The van der Waals surface area contributed by atoms with E-state index in [2.05, 4.69) is 43.6 Å². The Bertz CT molecular complexity index is 357. The highest BCUT2D eigenvalue weighted by atomic mass is 32.1. The summed E-state index contributed by atoms with van der Waals surface area (Å²) in [5, 5.41) is 3.39. The van der Waals surface area contributed by atoms with Crippen molar-refractivity contribution in [2.45, 2.75) is 40.3 Å². The van der Waals surface area contributed by atoms with Crippen LogP contribution in [0.1, 0.15) is 35.6 Å². The lowest BCUT2D eigenvalue weighted by Gasteiger charge is -2.19. The normalized spacial score (nSPS) is 11.1. The lowest BCUT2D eigenvalue weighted by atomic mass is 10.2. The van der Waals surface area contributed by atoms with Crippen molar-refractivity contribution in [1.82, 2.24) is 10.2 Å². The van der Waals surface area contributed by atoms with Gasteiger partial charge in [0.1, 0.15) is 0 Å². The van der Waals surface area contributed by atoms with Crippen molar-refractivity contribution in [2.24, 2.45) is 0 Å². The third-order valence-corrected chi connectivity index (χ3v) is 4.03. The molecule has 0 aliphatic rings. The zero-order valence-electron chi connectivity index (χ0n) is 12.0. The van der Waals surface area contributed by atoms with Crippen molar-refractivity contribution in [3.63, 3.8) is 0 Å². The Hall–Kier alpha value is -0.640. The van der Waals surface area contributed by atoms with Gasteiger partial charge in [-0.25, -0.2) is 0 Å². The second-order valence-electron chi connectivity index (χ2n) is 4.60. The van der Waals surface area contributed by atoms with Crippen LogP contribution in [0.4, 0.5) is 0 Å². The molecule has 1 rings (SSSR count). The minimum absolute atomic E-state index is 0.978. The first kappa shape index (κ1) is 15.4. The lowest BCUT2D eigenvalue weighted by molar-refractivity contribution is 0.295. The molecule has 0 spiro atoms. The van der Waals surface area contributed by atoms with E-state index in [0.29, 0.717) is 0 Å². The van der Waals surface area contributed by atoms with Crippen LogP contribution in [0.3, 0.4) is 0 Å². The molecule has 0 unspecified atom stereocenters. The van der Waals surface area contributed by atoms with Crippen LogP contribution >= 0.6 is 11.3 Å². The van der Waals surface area contributed by atoms with Crippen molar-refractivity contribution >= 4 is 11.3 Å². The highest BCUT2D eigenvalue weighted by Gasteiger charge is 2.09. The number of hydrogen-bond donors (Lipinski definition) is 1. The van der Waals surface area contributed by atoms with Crippen LogP contribution in [0.5, 0.6) is 0 Å². The average molecular weight is 266 g/mol. The molecule has 1 heterocycles. The van der Waals surface area contributed by atoms with E-state index < -0.39 is 0 Å². The molecule has 0 aliphatic heterocycles. The number of thiophene rings is 1. The Balaban J connectivity index is 2.63. The number of hydrogen-bond acceptors (Lipinski definition) is 3. The van der Waals surface area contributed by atoms with Gasteiger partial charge in [0.2, 0.25) is 0 Å². The molecular formula is C15H26N2S. The first-order valence-electron chi connectivity index (χ1n) is 6.83. The van der Waals surface area contributed by atoms with E-state index in [1.165, 1.54) is 21.7 Å². The molecule has 0 atom stereocenters. The molecule has 0 bridgehead atoms. The molecule has 2 nitrogen and oxygen atoms in total. The molecule has 18 heavy (non-hydrogen) atoms. The van der Waals surface area contributed by atoms with Gasteiger partial charge < -0.3 is 5.32 Å². The number of nitrogens with one attached hydrogen (secondary N) is 1. The molecule has 0 saturated carbocycles. The summed E-state index contributed by atoms with van der Waals surface area (Å²) in [5.41, 5.74) is 1.48. The van der Waals surface area contributed by atoms with E-state index in [0.717, 1.165) is 32.7 Å². The maximum absolute atomic E-state index is 3.84. The molecule has 0 saturated heterocycles. The molecule has 3 heteroatoms. The van der Waals surface area contributed by atoms with Gasteiger partial charge >= 0.3 is 0 Å². The van der Waals surface area contributed by atoms with Gasteiger partial charge in [0.05, 0.1) is 0 Å². The smallest absolute Gasteiger partial charge is 0.0299 e. The van der Waals surface area contributed by atoms with Gasteiger partial charge in [-0.2, -0.15) is 0 Å². The van der Waals surface area contributed by atoms with E-state index in [9.17, 15) is 0 Å². The van der Waals surface area contributed by atoms with Crippen molar-refractivity contribution < 1.29 is 0 Å². The Kier molecular flexibility index (Phi) is 7.25. The minimum Gasteiger partial charge on any atom is -0.312 e. The third kappa shape index (κ3) is 4.92. The summed E-state index contributed by atoms with van der Waals surface area (Å²) in [6.07, 6.45) is 3.19. The highest BCUT2D eigenvalue weighted by molar-refractivity contribution is 7.12. The van der Waals surface area contributed by atoms with Crippen LogP contribution in [0.15, 0.2) is 18.7 Å². The monoisotopic (exact) mass is 266 g/mol. The summed E-state index contributed by atoms with van der Waals surface area (Å²) in [6, 6.07) is 2.36. The summed E-state index contributed by atoms with van der Waals surface area (Å²) < 4.78 is 0. The molecule has 1 N–H and O–H groups in total. The molecule has 1 aromatic heterocycles. The van der Waals surface area contributed by atoms with E-state index in [1.54, 1.807) is 0 Å². The van der Waals surface area contributed by atoms with E-state index in [4.69, 9.17) is 0 Å². The van der Waals surface area contributed by atoms with Gasteiger partial charge in [0.15, 0.2) is 0 Å². The predicted octanol–water partition coefficient (Wildman–Crippen LogP) is 3.56. The Morgan fingerprint density at radius 3 is 2.83 bits per heavy atom. The molecule has 0 amide bonds. The molecule has 0 fully saturated rings. The fourth-order valence-electron chi connectivity index (χ4n) is 2.05. The molecule has 102 valence electrons. The largest absolute Gasteiger partial charge is 0.312 e. The first-order chi connectivity index (χ1) is 8.71. The second-order valence-corrected chi connectivity index (χ2v) is 5.94. The quantitative estimate of drug-likeness (QED) is 0.688. The third-order valence-electron chi connectivity index (χ3n) is 2.94. The van der Waals surface area contributed by atoms with E-state index >= 15 is 0 Å². The van der Waals surface area contributed by atoms with Crippen LogP contribution in [-0.4, -0.2) is 24.5 Å². The van der Waals surface area contributed by atoms with Gasteiger partial charge in [-0.1, -0.05) is 19.9 Å². The van der Waals surface area contributed by atoms with Gasteiger partial charge in [-0.05, 0) is 38.1 Å². The van der Waals surface area contributed by atoms with Crippen LogP contribution < -0.4 is 5.32 Å². The summed E-state index contributed by atoms with van der Waals surface area (Å²) in [6.45, 7) is 15.6. The van der Waals surface area contributed by atoms with Crippen molar-refractivity contribution in [3.05, 3.63) is 34.0 Å². The molecule has 0 aromatic carbocycles. The van der Waals surface area contributed by atoms with Crippen molar-refractivity contribution in [1.29, 1.82) is 0 Å². The van der Waals surface area contributed by atoms with Crippen molar-refractivity contribution in [3.8, 4) is 0 Å². The first-order valence-corrected chi connectivity index (χ1v) is 7.65. The molecule has 0 radical (unpaired) electrons. The summed E-state index contributed by atoms with van der Waals surface area (Å²) >= 11 is 1.92. The van der Waals surface area contributed by atoms with Gasteiger partial charge in [0, 0.05) is 29.4 Å². The zero-order valence-corrected chi connectivity index (χ0v) is 12.8. The Morgan fingerprint density at radius 2 is 2.22 bits per heavy atom. The fraction of sp³-hybridized carbons (Fsp3) is 0.600. The standard InChI is InChI=1S/C15H26N2S/c1-5-8-17(9-6-2)12-14-10-15(11-16-7-3)18-13(14)4/h5,10,16H,1,6-9,11-12H2,2-4H3. The minimum atomic E-state index is 0.978. The Labute approximate surface area is 116 Å². The highest BCUT2D eigenvalue weighted by Crippen LogP contribution is 2.23. The summed E-state index contributed by atoms with van der Waals surface area (Å²) in [4.78, 5) is 5.35. The van der Waals surface area contributed by atoms with Crippen LogP contribution in [0, 0.1) is 6.92 Å². The number of rotatable bonds is 9. The number of nitrogens with zero attached hydrogens (tertiary/aromatic N) is 1. The molecular weight excluding hydrogens is 240 g/mol. The predicted molar refractivity (Wildman–Crippen MR) is 82.2 cm³/mol. The van der Waals surface area contributed by atoms with Gasteiger partial charge in [-0.3, -0.25) is 4.90 Å². The lowest BCUT2D eigenvalue weighted by Crippen LogP contribution is -2.24. The second kappa shape index (κ2) is 8.46. The van der Waals surface area contributed by atoms with E-state index in [1.807, 2.05) is 17.4 Å². The zero-order chi connectivity index (χ0) is 13.4. The maximum Gasteiger partial charge on any atom is 0.0299 e. The van der Waals surface area contributed by atoms with Crippen LogP contribution in [0.2, 0.25) is 0 Å².